The number of hydrogen-bond donors (Lipinski definition) is 2. The van der Waals surface area contributed by atoms with Crippen LogP contribution in [0.3, 0.4) is 0 Å². The van der Waals surface area contributed by atoms with Gasteiger partial charge in [0.2, 0.25) is 0 Å². The van der Waals surface area contributed by atoms with Gasteiger partial charge in [0.1, 0.15) is 5.75 Å². The molecular weight excluding hydrogens is 401 g/mol. The lowest BCUT2D eigenvalue weighted by atomic mass is 9.80. The summed E-state index contributed by atoms with van der Waals surface area (Å²) < 4.78 is 5.16. The molecule has 23 heavy (non-hydrogen) atoms. The zero-order chi connectivity index (χ0) is 15.8. The minimum atomic E-state index is 0. The molecule has 5 heteroatoms. The van der Waals surface area contributed by atoms with E-state index < -0.39 is 0 Å². The van der Waals surface area contributed by atoms with E-state index in [-0.39, 0.29) is 24.0 Å². The van der Waals surface area contributed by atoms with Crippen molar-refractivity contribution >= 4 is 29.9 Å². The Morgan fingerprint density at radius 3 is 2.61 bits per heavy atom. The summed E-state index contributed by atoms with van der Waals surface area (Å²) >= 11 is 0. The van der Waals surface area contributed by atoms with Crippen LogP contribution in [0.5, 0.6) is 5.75 Å². The first-order chi connectivity index (χ1) is 10.7. The molecule has 0 radical (unpaired) electrons. The van der Waals surface area contributed by atoms with Gasteiger partial charge in [0, 0.05) is 13.1 Å². The predicted octanol–water partition coefficient (Wildman–Crippen LogP) is 3.59. The lowest BCUT2D eigenvalue weighted by Crippen LogP contribution is -2.34. The van der Waals surface area contributed by atoms with Crippen LogP contribution in [0.25, 0.3) is 0 Å². The first-order valence-corrected chi connectivity index (χ1v) is 8.35. The first kappa shape index (κ1) is 20.1. The van der Waals surface area contributed by atoms with E-state index in [2.05, 4.69) is 29.4 Å². The second-order valence-corrected chi connectivity index (χ2v) is 6.27. The number of aliphatic imine (C=N–C) groups is 1. The summed E-state index contributed by atoms with van der Waals surface area (Å²) in [5.41, 5.74) is 7.23. The lowest BCUT2D eigenvalue weighted by Gasteiger charge is -2.27. The molecule has 3 N–H and O–H groups in total. The number of halogens is 1. The fourth-order valence-electron chi connectivity index (χ4n) is 3.06. The first-order valence-electron chi connectivity index (χ1n) is 8.35. The fraction of sp³-hybridized carbons (Fsp3) is 0.611. The van der Waals surface area contributed by atoms with Crippen LogP contribution >= 0.6 is 24.0 Å². The second-order valence-electron chi connectivity index (χ2n) is 6.27. The number of rotatable bonds is 6. The molecule has 2 rings (SSSR count). The van der Waals surface area contributed by atoms with Crippen LogP contribution in [-0.4, -0.2) is 26.2 Å². The standard InChI is InChI=1S/C18H29N3O.HI/c1-14-5-3-4-6-16(14)13-21-18(19)20-12-11-15-7-9-17(22-2)10-8-15;/h7-10,14,16H,3-6,11-13H2,1-2H3,(H3,19,20,21);1H. The normalized spacial score (nSPS) is 21.4. The summed E-state index contributed by atoms with van der Waals surface area (Å²) in [5, 5.41) is 3.21. The number of nitrogens with one attached hydrogen (secondary N) is 1. The molecule has 0 heterocycles. The van der Waals surface area contributed by atoms with Crippen LogP contribution in [-0.2, 0) is 6.42 Å². The molecular formula is C18H30IN3O. The number of guanidine groups is 1. The minimum Gasteiger partial charge on any atom is -0.497 e. The van der Waals surface area contributed by atoms with E-state index in [9.17, 15) is 0 Å². The van der Waals surface area contributed by atoms with Gasteiger partial charge < -0.3 is 15.8 Å². The van der Waals surface area contributed by atoms with Gasteiger partial charge >= 0.3 is 0 Å². The van der Waals surface area contributed by atoms with Gasteiger partial charge in [0.05, 0.1) is 7.11 Å². The Bertz CT molecular complexity index is 476. The van der Waals surface area contributed by atoms with E-state index in [1.165, 1.54) is 31.2 Å². The van der Waals surface area contributed by atoms with Crippen LogP contribution in [0.1, 0.15) is 38.2 Å². The van der Waals surface area contributed by atoms with Gasteiger partial charge in [0.25, 0.3) is 0 Å². The molecule has 130 valence electrons. The predicted molar refractivity (Wildman–Crippen MR) is 108 cm³/mol. The van der Waals surface area contributed by atoms with Gasteiger partial charge in [-0.15, -0.1) is 24.0 Å². The molecule has 1 aromatic carbocycles. The summed E-state index contributed by atoms with van der Waals surface area (Å²) in [5.74, 6) is 2.95. The Morgan fingerprint density at radius 1 is 1.26 bits per heavy atom. The zero-order valence-corrected chi connectivity index (χ0v) is 16.6. The molecule has 1 saturated carbocycles. The third kappa shape index (κ3) is 6.97. The quantitative estimate of drug-likeness (QED) is 0.411. The Kier molecular flexibility index (Phi) is 9.36. The van der Waals surface area contributed by atoms with Gasteiger partial charge in [-0.3, -0.25) is 4.99 Å². The number of ether oxygens (including phenoxy) is 1. The lowest BCUT2D eigenvalue weighted by molar-refractivity contribution is 0.263. The van der Waals surface area contributed by atoms with Crippen molar-refractivity contribution in [2.75, 3.05) is 20.2 Å². The smallest absolute Gasteiger partial charge is 0.188 e. The molecule has 2 unspecified atom stereocenters. The molecule has 4 nitrogen and oxygen atoms in total. The monoisotopic (exact) mass is 431 g/mol. The molecule has 2 atom stereocenters. The van der Waals surface area contributed by atoms with E-state index in [4.69, 9.17) is 10.5 Å². The van der Waals surface area contributed by atoms with Gasteiger partial charge in [-0.05, 0) is 42.4 Å². The number of nitrogens with two attached hydrogens (primary N) is 1. The molecule has 1 aliphatic carbocycles. The third-order valence-electron chi connectivity index (χ3n) is 4.66. The summed E-state index contributed by atoms with van der Waals surface area (Å²) in [6.07, 6.45) is 6.28. The van der Waals surface area contributed by atoms with Gasteiger partial charge in [0.15, 0.2) is 5.96 Å². The average molecular weight is 431 g/mol. The summed E-state index contributed by atoms with van der Waals surface area (Å²) in [6.45, 7) is 4.01. The highest BCUT2D eigenvalue weighted by Gasteiger charge is 2.20. The van der Waals surface area contributed by atoms with Crippen molar-refractivity contribution in [3.63, 3.8) is 0 Å². The SMILES string of the molecule is COc1ccc(CCNC(N)=NCC2CCCCC2C)cc1.I. The highest BCUT2D eigenvalue weighted by atomic mass is 127. The zero-order valence-electron chi connectivity index (χ0n) is 14.3. The van der Waals surface area contributed by atoms with Crippen molar-refractivity contribution in [2.24, 2.45) is 22.6 Å². The largest absolute Gasteiger partial charge is 0.497 e. The maximum Gasteiger partial charge on any atom is 0.188 e. The van der Waals surface area contributed by atoms with Crippen LogP contribution < -0.4 is 15.8 Å². The van der Waals surface area contributed by atoms with E-state index in [0.29, 0.717) is 11.9 Å². The average Bonchev–Trinajstić information content (AvgIpc) is 2.55. The highest BCUT2D eigenvalue weighted by Crippen LogP contribution is 2.29. The van der Waals surface area contributed by atoms with Crippen molar-refractivity contribution in [3.05, 3.63) is 29.8 Å². The summed E-state index contributed by atoms with van der Waals surface area (Å²) in [7, 11) is 1.68. The molecule has 0 aliphatic heterocycles. The minimum absolute atomic E-state index is 0. The van der Waals surface area contributed by atoms with E-state index in [1.807, 2.05) is 12.1 Å². The Morgan fingerprint density at radius 2 is 1.96 bits per heavy atom. The van der Waals surface area contributed by atoms with Gasteiger partial charge in [-0.1, -0.05) is 38.3 Å². The van der Waals surface area contributed by atoms with Gasteiger partial charge in [-0.2, -0.15) is 0 Å². The topological polar surface area (TPSA) is 59.6 Å². The van der Waals surface area contributed by atoms with E-state index >= 15 is 0 Å². The van der Waals surface area contributed by atoms with Crippen LogP contribution in [0.2, 0.25) is 0 Å². The van der Waals surface area contributed by atoms with Crippen molar-refractivity contribution in [2.45, 2.75) is 39.0 Å². The Labute approximate surface area is 157 Å². The Balaban J connectivity index is 0.00000264. The summed E-state index contributed by atoms with van der Waals surface area (Å²) in [6, 6.07) is 8.13. The maximum absolute atomic E-state index is 5.96. The molecule has 0 aromatic heterocycles. The van der Waals surface area contributed by atoms with Crippen molar-refractivity contribution in [1.82, 2.24) is 5.32 Å². The van der Waals surface area contributed by atoms with Gasteiger partial charge in [-0.25, -0.2) is 0 Å². The number of hydrogen-bond acceptors (Lipinski definition) is 2. The molecule has 0 amide bonds. The summed E-state index contributed by atoms with van der Waals surface area (Å²) in [4.78, 5) is 4.52. The van der Waals surface area contributed by atoms with E-state index in [0.717, 1.165) is 31.2 Å². The van der Waals surface area contributed by atoms with Crippen LogP contribution in [0.4, 0.5) is 0 Å². The van der Waals surface area contributed by atoms with Crippen LogP contribution in [0.15, 0.2) is 29.3 Å². The van der Waals surface area contributed by atoms with Crippen molar-refractivity contribution in [1.29, 1.82) is 0 Å². The molecule has 1 aromatic rings. The molecule has 0 saturated heterocycles. The maximum atomic E-state index is 5.96. The number of nitrogens with zero attached hydrogens (tertiary/aromatic N) is 1. The Hall–Kier alpha value is -0.980. The van der Waals surface area contributed by atoms with E-state index in [1.54, 1.807) is 7.11 Å². The molecule has 1 fully saturated rings. The number of benzene rings is 1. The third-order valence-corrected chi connectivity index (χ3v) is 4.66. The second kappa shape index (κ2) is 10.7. The van der Waals surface area contributed by atoms with Crippen molar-refractivity contribution < 1.29 is 4.74 Å². The van der Waals surface area contributed by atoms with Crippen molar-refractivity contribution in [3.8, 4) is 5.75 Å². The highest BCUT2D eigenvalue weighted by molar-refractivity contribution is 14.0. The molecule has 1 aliphatic rings. The molecule has 0 bridgehead atoms. The van der Waals surface area contributed by atoms with Crippen LogP contribution in [0, 0.1) is 11.8 Å². The fourth-order valence-corrected chi connectivity index (χ4v) is 3.06. The molecule has 0 spiro atoms. The number of methoxy groups -OCH3 is 1.